The highest BCUT2D eigenvalue weighted by Gasteiger charge is 2.18. The van der Waals surface area contributed by atoms with E-state index in [4.69, 9.17) is 0 Å². The van der Waals surface area contributed by atoms with Crippen molar-refractivity contribution < 1.29 is 0 Å². The fourth-order valence-electron chi connectivity index (χ4n) is 12.3. The van der Waals surface area contributed by atoms with E-state index < -0.39 is 0 Å². The summed E-state index contributed by atoms with van der Waals surface area (Å²) in [5.74, 6) is 0. The maximum absolute atomic E-state index is 3.91. The van der Waals surface area contributed by atoms with E-state index in [9.17, 15) is 0 Å². The Balaban J connectivity index is 0.823. The van der Waals surface area contributed by atoms with Crippen LogP contribution in [0.15, 0.2) is 255 Å². The Bertz CT molecular complexity index is 4940. The molecule has 0 nitrogen and oxygen atoms in total. The Hall–Kier alpha value is -8.92. The van der Waals surface area contributed by atoms with Gasteiger partial charge in [-0.05, 0) is 164 Å². The van der Waals surface area contributed by atoms with Crippen LogP contribution in [0.4, 0.5) is 0 Å². The van der Waals surface area contributed by atoms with E-state index in [2.05, 4.69) is 250 Å². The van der Waals surface area contributed by atoms with E-state index in [-0.39, 0.29) is 0 Å². The van der Waals surface area contributed by atoms with Gasteiger partial charge in [-0.25, -0.2) is 0 Å². The maximum atomic E-state index is 3.91. The summed E-state index contributed by atoms with van der Waals surface area (Å²) in [5, 5.41) is 20.6. The molecule has 13 aromatic carbocycles. The zero-order chi connectivity index (χ0) is 49.7. The summed E-state index contributed by atoms with van der Waals surface area (Å²) in [7, 11) is 0. The Morgan fingerprint density at radius 1 is 0.320 bits per heavy atom. The zero-order valence-electron chi connectivity index (χ0n) is 41.2. The summed E-state index contributed by atoms with van der Waals surface area (Å²) < 4.78 is 5.25. The molecule has 0 N–H and O–H groups in total. The molecule has 350 valence electrons. The van der Waals surface area contributed by atoms with Gasteiger partial charge in [0.25, 0.3) is 0 Å². The predicted molar refractivity (Wildman–Crippen MR) is 332 cm³/mol. The van der Waals surface area contributed by atoms with Gasteiger partial charge in [0, 0.05) is 40.3 Å². The van der Waals surface area contributed by atoms with Gasteiger partial charge in [-0.2, -0.15) is 0 Å². The van der Waals surface area contributed by atoms with E-state index in [1.807, 2.05) is 34.8 Å². The maximum Gasteiger partial charge on any atom is 0.0434 e. The van der Waals surface area contributed by atoms with E-state index in [1.54, 1.807) is 0 Å². The summed E-state index contributed by atoms with van der Waals surface area (Å²) in [6.07, 6.45) is 8.20. The molecule has 0 aliphatic carbocycles. The first-order valence-corrected chi connectivity index (χ1v) is 27.4. The molecule has 0 saturated carbocycles. The van der Waals surface area contributed by atoms with Crippen molar-refractivity contribution in [2.75, 3.05) is 0 Å². The minimum absolute atomic E-state index is 1.20. The van der Waals surface area contributed by atoms with Gasteiger partial charge < -0.3 is 0 Å². The number of hydrogen-bond acceptors (Lipinski definition) is 2. The lowest BCUT2D eigenvalue weighted by Gasteiger charge is -2.14. The second-order valence-electron chi connectivity index (χ2n) is 19.8. The van der Waals surface area contributed by atoms with Crippen LogP contribution in [0, 0.1) is 0 Å². The highest BCUT2D eigenvalue weighted by Crippen LogP contribution is 2.47. The molecule has 0 aliphatic heterocycles. The number of hydrogen-bond donors (Lipinski definition) is 0. The average molecular weight is 987 g/mol. The van der Waals surface area contributed by atoms with Crippen LogP contribution in [0.1, 0.15) is 12.5 Å². The van der Waals surface area contributed by atoms with E-state index in [1.165, 1.54) is 161 Å². The highest BCUT2D eigenvalue weighted by molar-refractivity contribution is 7.27. The second-order valence-corrected chi connectivity index (χ2v) is 21.9. The van der Waals surface area contributed by atoms with Crippen LogP contribution in [0.5, 0.6) is 0 Å². The standard InChI is InChI=1S/C73H46S2/c1-3-5-16-44(4-2)51-25-13-28-63-64-29-14-26-52(73(64)75-72(51)63)49-18-12-17-45(39-49)46-31-35-60-57-22-9-11-24-59(57)66-41-47(32-36-62(66)67(60)40-46)48-34-38-70-69(42-48)65-30-15-27-53(71(65)74-70)50-33-37-61-56-21-7-6-19-54(56)55-20-8-10-23-58(55)68(61)43-50/h3-43H,1H2,2H3/b16-5-,44-4+. The third kappa shape index (κ3) is 6.87. The van der Waals surface area contributed by atoms with Crippen molar-refractivity contribution in [3.63, 3.8) is 0 Å². The molecular formula is C73H46S2. The van der Waals surface area contributed by atoms with Crippen LogP contribution in [0.3, 0.4) is 0 Å². The molecule has 0 aliphatic rings. The number of allylic oxidation sites excluding steroid dienone is 5. The minimum atomic E-state index is 1.20. The molecule has 0 bridgehead atoms. The van der Waals surface area contributed by atoms with E-state index in [0.717, 1.165) is 0 Å². The minimum Gasteiger partial charge on any atom is -0.135 e. The zero-order valence-corrected chi connectivity index (χ0v) is 42.8. The van der Waals surface area contributed by atoms with Gasteiger partial charge in [0.15, 0.2) is 0 Å². The van der Waals surface area contributed by atoms with E-state index >= 15 is 0 Å². The van der Waals surface area contributed by atoms with Gasteiger partial charge in [-0.3, -0.25) is 0 Å². The monoisotopic (exact) mass is 986 g/mol. The molecule has 0 spiro atoms. The molecule has 0 amide bonds. The molecule has 75 heavy (non-hydrogen) atoms. The second kappa shape index (κ2) is 17.4. The van der Waals surface area contributed by atoms with Crippen molar-refractivity contribution in [3.8, 4) is 44.5 Å². The molecule has 0 radical (unpaired) electrons. The summed E-state index contributed by atoms with van der Waals surface area (Å²) in [4.78, 5) is 0. The van der Waals surface area contributed by atoms with Gasteiger partial charge in [0.05, 0.1) is 0 Å². The van der Waals surface area contributed by atoms with Crippen LogP contribution < -0.4 is 0 Å². The van der Waals surface area contributed by atoms with Crippen LogP contribution in [0.25, 0.3) is 155 Å². The first-order valence-electron chi connectivity index (χ1n) is 25.8. The quantitative estimate of drug-likeness (QED) is 0.110. The lowest BCUT2D eigenvalue weighted by molar-refractivity contribution is 1.63. The Morgan fingerprint density at radius 3 is 1.28 bits per heavy atom. The first kappa shape index (κ1) is 43.6. The molecule has 15 rings (SSSR count). The van der Waals surface area contributed by atoms with Crippen molar-refractivity contribution in [2.45, 2.75) is 6.92 Å². The molecular weight excluding hydrogens is 941 g/mol. The van der Waals surface area contributed by atoms with Crippen molar-refractivity contribution in [2.24, 2.45) is 0 Å². The molecule has 0 saturated heterocycles. The third-order valence-electron chi connectivity index (χ3n) is 15.8. The predicted octanol–water partition coefficient (Wildman–Crippen LogP) is 22.2. The van der Waals surface area contributed by atoms with Crippen molar-refractivity contribution in [3.05, 3.63) is 261 Å². The van der Waals surface area contributed by atoms with Crippen LogP contribution in [-0.2, 0) is 0 Å². The molecule has 0 atom stereocenters. The fourth-order valence-corrected chi connectivity index (χ4v) is 14.8. The van der Waals surface area contributed by atoms with Gasteiger partial charge in [0.1, 0.15) is 0 Å². The normalized spacial score (nSPS) is 12.4. The topological polar surface area (TPSA) is 0 Å². The largest absolute Gasteiger partial charge is 0.135 e. The summed E-state index contributed by atoms with van der Waals surface area (Å²) in [5.41, 5.74) is 12.3. The number of fused-ring (bicyclic) bond motifs is 18. The SMILES string of the molecule is C=C/C=C\C(=C/C)c1cccc2c1sc1c(-c3cccc(-c4ccc5c6ccccc6c6cc(-c7ccc8sc9c(-c%10ccc%11c%12ccccc%12c%12ccccc%12c%11c%10)cccc9c8c7)ccc6c5c4)c3)cccc12. The number of rotatable bonds is 7. The molecule has 2 aromatic heterocycles. The van der Waals surface area contributed by atoms with Gasteiger partial charge >= 0.3 is 0 Å². The van der Waals surface area contributed by atoms with Gasteiger partial charge in [0.2, 0.25) is 0 Å². The van der Waals surface area contributed by atoms with E-state index in [0.29, 0.717) is 0 Å². The Morgan fingerprint density at radius 2 is 0.707 bits per heavy atom. The third-order valence-corrected chi connectivity index (χ3v) is 18.3. The lowest BCUT2D eigenvalue weighted by Crippen LogP contribution is -1.87. The number of benzene rings is 13. The van der Waals surface area contributed by atoms with Gasteiger partial charge in [-0.15, -0.1) is 22.7 Å². The first-order chi connectivity index (χ1) is 37.1. The summed E-state index contributed by atoms with van der Waals surface area (Å²) in [6.45, 7) is 6.02. The Labute approximate surface area is 442 Å². The summed E-state index contributed by atoms with van der Waals surface area (Å²) >= 11 is 3.80. The Kier molecular flexibility index (Phi) is 10.1. The van der Waals surface area contributed by atoms with Crippen LogP contribution in [0.2, 0.25) is 0 Å². The molecule has 0 unspecified atom stereocenters. The smallest absolute Gasteiger partial charge is 0.0434 e. The molecule has 15 aromatic rings. The van der Waals surface area contributed by atoms with Crippen molar-refractivity contribution in [1.82, 2.24) is 0 Å². The number of thiophene rings is 2. The summed E-state index contributed by atoms with van der Waals surface area (Å²) in [6, 6.07) is 84.4. The van der Waals surface area contributed by atoms with Crippen molar-refractivity contribution >= 4 is 133 Å². The van der Waals surface area contributed by atoms with Crippen molar-refractivity contribution in [1.29, 1.82) is 0 Å². The molecule has 0 fully saturated rings. The average Bonchev–Trinajstić information content (AvgIpc) is 4.08. The van der Waals surface area contributed by atoms with Crippen LogP contribution >= 0.6 is 22.7 Å². The molecule has 2 heterocycles. The van der Waals surface area contributed by atoms with Gasteiger partial charge in [-0.1, -0.05) is 219 Å². The highest BCUT2D eigenvalue weighted by atomic mass is 32.1. The fraction of sp³-hybridized carbons (Fsp3) is 0.0137. The molecule has 2 heteroatoms. The van der Waals surface area contributed by atoms with Crippen LogP contribution in [-0.4, -0.2) is 0 Å². The lowest BCUT2D eigenvalue weighted by atomic mass is 9.90.